The number of rotatable bonds is 3. The first-order valence-electron chi connectivity index (χ1n) is 3.93. The molecule has 4 atom stereocenters. The molecule has 2 N–H and O–H groups in total. The maximum Gasteiger partial charge on any atom is 0.183 e. The van der Waals surface area contributed by atoms with Crippen LogP contribution < -0.4 is 0 Å². The van der Waals surface area contributed by atoms with Crippen LogP contribution in [0, 0.1) is 0 Å². The number of hydrogen-bond donors (Lipinski definition) is 2. The second kappa shape index (κ2) is 4.38. The molecular weight excluding hydrogens is 210 g/mol. The van der Waals surface area contributed by atoms with Crippen molar-refractivity contribution in [3.63, 3.8) is 0 Å². The molecule has 1 heterocycles. The molecule has 1 aliphatic heterocycles. The molecule has 0 bridgehead atoms. The molecule has 2 unspecified atom stereocenters. The Balaban J connectivity index is 2.54. The van der Waals surface area contributed by atoms with Gasteiger partial charge in [-0.15, -0.1) is 0 Å². The molecule has 7 heteroatoms. The van der Waals surface area contributed by atoms with E-state index in [0.29, 0.717) is 6.42 Å². The van der Waals surface area contributed by atoms with Crippen molar-refractivity contribution in [1.29, 1.82) is 0 Å². The van der Waals surface area contributed by atoms with E-state index in [0.717, 1.165) is 0 Å². The molecule has 0 aliphatic carbocycles. The van der Waals surface area contributed by atoms with E-state index in [2.05, 4.69) is 0 Å². The number of ether oxygens (including phenoxy) is 1. The zero-order valence-corrected chi connectivity index (χ0v) is 9.00. The maximum absolute atomic E-state index is 9.30. The first-order valence-corrected chi connectivity index (χ1v) is 7.05. The van der Waals surface area contributed by atoms with Crippen molar-refractivity contribution in [1.82, 2.24) is 0 Å². The van der Waals surface area contributed by atoms with Crippen molar-refractivity contribution in [2.45, 2.75) is 24.6 Å². The summed E-state index contributed by atoms with van der Waals surface area (Å²) < 4.78 is 10.3. The largest absolute Gasteiger partial charge is 0.394 e. The minimum absolute atomic E-state index is 0.173. The summed E-state index contributed by atoms with van der Waals surface area (Å²) >= 11 is 4.73. The number of hydrogen-bond acceptors (Lipinski definition) is 4. The van der Waals surface area contributed by atoms with Gasteiger partial charge in [-0.3, -0.25) is 0 Å². The summed E-state index contributed by atoms with van der Waals surface area (Å²) in [6, 6.07) is -0.441. The van der Waals surface area contributed by atoms with Gasteiger partial charge in [-0.1, -0.05) is 0 Å². The van der Waals surface area contributed by atoms with E-state index in [9.17, 15) is 4.89 Å². The standard InChI is InChI=1S/C6H12BO4PS/c1-12(9,13)11-4-2-6(7)10-5(4)3-8/h4-6,8H,2-3H2,1H3,(H,9,13)/t4?,5-,6-,12?/m1/s1. The minimum Gasteiger partial charge on any atom is -0.394 e. The molecule has 74 valence electrons. The van der Waals surface area contributed by atoms with Crippen LogP contribution in [0.1, 0.15) is 6.42 Å². The Morgan fingerprint density at radius 1 is 1.77 bits per heavy atom. The Bertz CT molecular complexity index is 221. The Kier molecular flexibility index (Phi) is 3.92. The molecule has 0 saturated carbocycles. The summed E-state index contributed by atoms with van der Waals surface area (Å²) in [5, 5.41) is 8.89. The van der Waals surface area contributed by atoms with Gasteiger partial charge in [0, 0.05) is 12.7 Å². The van der Waals surface area contributed by atoms with Crippen molar-refractivity contribution in [2.24, 2.45) is 0 Å². The van der Waals surface area contributed by atoms with Crippen molar-refractivity contribution >= 4 is 26.1 Å². The highest BCUT2D eigenvalue weighted by Gasteiger charge is 2.34. The molecule has 4 nitrogen and oxygen atoms in total. The van der Waals surface area contributed by atoms with Crippen LogP contribution in [0.25, 0.3) is 0 Å². The lowest BCUT2D eigenvalue weighted by Gasteiger charge is -2.20. The Hall–Kier alpha value is 0.555. The van der Waals surface area contributed by atoms with Crippen molar-refractivity contribution in [3.05, 3.63) is 0 Å². The molecule has 1 fully saturated rings. The molecule has 0 amide bonds. The highest BCUT2D eigenvalue weighted by atomic mass is 32.5. The summed E-state index contributed by atoms with van der Waals surface area (Å²) in [7, 11) is 5.49. The summed E-state index contributed by atoms with van der Waals surface area (Å²) in [6.45, 7) is -1.42. The van der Waals surface area contributed by atoms with Crippen LogP contribution in [0.4, 0.5) is 0 Å². The number of aliphatic hydroxyl groups excluding tert-OH is 1. The SMILES string of the molecule is [B][C@H]1CC(OP(C)(O)=S)[C@@H](CO)O1. The summed E-state index contributed by atoms with van der Waals surface area (Å²) in [5.41, 5.74) is 0. The van der Waals surface area contributed by atoms with Crippen LogP contribution in [0.5, 0.6) is 0 Å². The molecule has 0 aromatic carbocycles. The Labute approximate surface area is 83.8 Å². The normalized spacial score (nSPS) is 38.8. The number of aliphatic hydroxyl groups is 1. The summed E-state index contributed by atoms with van der Waals surface area (Å²) in [4.78, 5) is 9.30. The highest BCUT2D eigenvalue weighted by Crippen LogP contribution is 2.42. The second-order valence-electron chi connectivity index (χ2n) is 3.08. The zero-order chi connectivity index (χ0) is 10.1. The fourth-order valence-electron chi connectivity index (χ4n) is 1.27. The lowest BCUT2D eigenvalue weighted by atomic mass is 9.96. The average molecular weight is 222 g/mol. The minimum atomic E-state index is -2.71. The predicted octanol–water partition coefficient (Wildman–Crippen LogP) is -0.421. The van der Waals surface area contributed by atoms with Gasteiger partial charge in [-0.05, 0) is 18.2 Å². The van der Waals surface area contributed by atoms with Gasteiger partial charge in [-0.2, -0.15) is 0 Å². The molecule has 0 aromatic heterocycles. The molecule has 13 heavy (non-hydrogen) atoms. The smallest absolute Gasteiger partial charge is 0.183 e. The zero-order valence-electron chi connectivity index (χ0n) is 7.29. The van der Waals surface area contributed by atoms with Gasteiger partial charge in [0.1, 0.15) is 14.0 Å². The Morgan fingerprint density at radius 3 is 2.85 bits per heavy atom. The molecular formula is C6H12BO4PS. The van der Waals surface area contributed by atoms with E-state index in [1.54, 1.807) is 0 Å². The van der Waals surface area contributed by atoms with E-state index in [-0.39, 0.29) is 12.7 Å². The van der Waals surface area contributed by atoms with Gasteiger partial charge in [0.15, 0.2) is 6.49 Å². The summed E-state index contributed by atoms with van der Waals surface area (Å²) in [5.74, 6) is 0. The van der Waals surface area contributed by atoms with Crippen LogP contribution in [0.2, 0.25) is 0 Å². The van der Waals surface area contributed by atoms with Crippen molar-refractivity contribution in [2.75, 3.05) is 13.3 Å². The van der Waals surface area contributed by atoms with E-state index < -0.39 is 18.6 Å². The lowest BCUT2D eigenvalue weighted by Crippen LogP contribution is -2.26. The van der Waals surface area contributed by atoms with E-state index in [4.69, 9.17) is 34.0 Å². The van der Waals surface area contributed by atoms with Gasteiger partial charge in [0.05, 0.1) is 12.7 Å². The highest BCUT2D eigenvalue weighted by molar-refractivity contribution is 8.09. The van der Waals surface area contributed by atoms with Crippen LogP contribution >= 0.6 is 6.49 Å². The van der Waals surface area contributed by atoms with Gasteiger partial charge in [0.25, 0.3) is 0 Å². The van der Waals surface area contributed by atoms with E-state index in [1.807, 2.05) is 0 Å². The third-order valence-electron chi connectivity index (χ3n) is 1.74. The molecule has 1 aliphatic rings. The first-order chi connectivity index (χ1) is 5.92. The second-order valence-corrected chi connectivity index (χ2v) is 6.93. The van der Waals surface area contributed by atoms with Crippen LogP contribution in [0.15, 0.2) is 0 Å². The van der Waals surface area contributed by atoms with Gasteiger partial charge >= 0.3 is 0 Å². The molecule has 2 radical (unpaired) electrons. The van der Waals surface area contributed by atoms with Gasteiger partial charge in [-0.25, -0.2) is 0 Å². The maximum atomic E-state index is 9.30. The topological polar surface area (TPSA) is 58.9 Å². The Morgan fingerprint density at radius 2 is 2.38 bits per heavy atom. The third kappa shape index (κ3) is 3.66. The third-order valence-corrected chi connectivity index (χ3v) is 2.66. The fourth-order valence-corrected chi connectivity index (χ4v) is 2.33. The summed E-state index contributed by atoms with van der Waals surface area (Å²) in [6.07, 6.45) is -0.400. The molecule has 0 aromatic rings. The predicted molar refractivity (Wildman–Crippen MR) is 53.4 cm³/mol. The van der Waals surface area contributed by atoms with Gasteiger partial charge in [0.2, 0.25) is 0 Å². The quantitative estimate of drug-likeness (QED) is 0.501. The molecule has 1 saturated heterocycles. The first kappa shape index (κ1) is 11.6. The average Bonchev–Trinajstić information content (AvgIpc) is 2.27. The van der Waals surface area contributed by atoms with E-state index in [1.165, 1.54) is 6.66 Å². The molecule has 0 spiro atoms. The van der Waals surface area contributed by atoms with Crippen molar-refractivity contribution in [3.8, 4) is 0 Å². The van der Waals surface area contributed by atoms with Crippen LogP contribution in [0.3, 0.4) is 0 Å². The van der Waals surface area contributed by atoms with E-state index >= 15 is 0 Å². The lowest BCUT2D eigenvalue weighted by molar-refractivity contribution is 0.00417. The van der Waals surface area contributed by atoms with Gasteiger partial charge < -0.3 is 19.3 Å². The monoisotopic (exact) mass is 222 g/mol. The van der Waals surface area contributed by atoms with Crippen LogP contribution in [-0.2, 0) is 21.1 Å². The molecule has 1 rings (SSSR count). The fraction of sp³-hybridized carbons (Fsp3) is 1.00. The van der Waals surface area contributed by atoms with Crippen LogP contribution in [-0.4, -0.2) is 49.3 Å². The van der Waals surface area contributed by atoms with Crippen molar-refractivity contribution < 1.29 is 19.3 Å².